The van der Waals surface area contributed by atoms with Crippen molar-refractivity contribution in [3.63, 3.8) is 0 Å². The minimum Gasteiger partial charge on any atom is -0.0683 e. The Hall–Kier alpha value is -2.60. The van der Waals surface area contributed by atoms with Gasteiger partial charge >= 0.3 is 0 Å². The van der Waals surface area contributed by atoms with Gasteiger partial charge in [0.15, 0.2) is 0 Å². The van der Waals surface area contributed by atoms with Crippen LogP contribution in [0.15, 0.2) is 72.8 Å². The molecule has 4 aromatic rings. The predicted octanol–water partition coefficient (Wildman–Crippen LogP) is 11.0. The van der Waals surface area contributed by atoms with Crippen LogP contribution in [0.25, 0.3) is 32.7 Å². The molecule has 0 atom stereocenters. The van der Waals surface area contributed by atoms with E-state index in [2.05, 4.69) is 114 Å². The van der Waals surface area contributed by atoms with Gasteiger partial charge in [0.25, 0.3) is 0 Å². The maximum absolute atomic E-state index is 2.39. The Bertz CT molecular complexity index is 1110. The summed E-state index contributed by atoms with van der Waals surface area (Å²) >= 11 is 0. The molecular formula is C33H46. The van der Waals surface area contributed by atoms with Crippen molar-refractivity contribution in [3.8, 4) is 11.1 Å². The third kappa shape index (κ3) is 8.35. The van der Waals surface area contributed by atoms with Gasteiger partial charge in [-0.2, -0.15) is 0 Å². The molecule has 0 fully saturated rings. The minimum absolute atomic E-state index is 0.255. The summed E-state index contributed by atoms with van der Waals surface area (Å²) in [6.45, 7) is 21.4. The zero-order valence-corrected chi connectivity index (χ0v) is 22.8. The van der Waals surface area contributed by atoms with E-state index in [1.807, 2.05) is 27.7 Å². The van der Waals surface area contributed by atoms with Crippen molar-refractivity contribution in [1.82, 2.24) is 0 Å². The first-order valence-electron chi connectivity index (χ1n) is 12.8. The summed E-state index contributed by atoms with van der Waals surface area (Å²) in [7, 11) is 0. The van der Waals surface area contributed by atoms with E-state index in [4.69, 9.17) is 0 Å². The highest BCUT2D eigenvalue weighted by molar-refractivity contribution is 5.92. The van der Waals surface area contributed by atoms with Gasteiger partial charge in [-0.05, 0) is 69.1 Å². The van der Waals surface area contributed by atoms with Gasteiger partial charge in [-0.15, -0.1) is 0 Å². The first kappa shape index (κ1) is 28.4. The minimum atomic E-state index is 0.255. The molecule has 0 aliphatic carbocycles. The van der Waals surface area contributed by atoms with Crippen LogP contribution >= 0.6 is 0 Å². The average molecular weight is 443 g/mol. The van der Waals surface area contributed by atoms with Crippen LogP contribution in [0.1, 0.15) is 79.9 Å². The summed E-state index contributed by atoms with van der Waals surface area (Å²) in [6.07, 6.45) is 2.32. The van der Waals surface area contributed by atoms with Crippen LogP contribution in [0.2, 0.25) is 0 Å². The SMILES string of the molecule is CC.CC.CCC.Cc1ccc2ccc(-c3cc4ccccc4cc3CC(C)(C)C)cc2c1. The van der Waals surface area contributed by atoms with Gasteiger partial charge in [0.2, 0.25) is 0 Å². The number of aryl methyl sites for hydroxylation is 1. The molecule has 33 heavy (non-hydrogen) atoms. The van der Waals surface area contributed by atoms with Crippen molar-refractivity contribution in [2.24, 2.45) is 5.41 Å². The number of hydrogen-bond acceptors (Lipinski definition) is 0. The lowest BCUT2D eigenvalue weighted by atomic mass is 9.83. The summed E-state index contributed by atoms with van der Waals surface area (Å²) in [6, 6.07) is 27.0. The second-order valence-corrected chi connectivity index (χ2v) is 9.37. The molecule has 0 amide bonds. The summed E-state index contributed by atoms with van der Waals surface area (Å²) < 4.78 is 0. The van der Waals surface area contributed by atoms with Crippen LogP contribution in [0.5, 0.6) is 0 Å². The van der Waals surface area contributed by atoms with Gasteiger partial charge in [-0.1, -0.05) is 135 Å². The van der Waals surface area contributed by atoms with Gasteiger partial charge in [-0.25, -0.2) is 0 Å². The van der Waals surface area contributed by atoms with Gasteiger partial charge in [0.05, 0.1) is 0 Å². The van der Waals surface area contributed by atoms with E-state index >= 15 is 0 Å². The molecule has 0 heterocycles. The largest absolute Gasteiger partial charge is 0.0683 e. The highest BCUT2D eigenvalue weighted by atomic mass is 14.2. The number of rotatable bonds is 2. The Labute approximate surface area is 204 Å². The predicted molar refractivity (Wildman–Crippen MR) is 153 cm³/mol. The molecule has 0 aromatic heterocycles. The standard InChI is InChI=1S/C26H26.C3H8.2C2H6/c1-18-9-10-19-11-12-22(15-23(19)13-18)25-16-21-8-6-5-7-20(21)14-24(25)17-26(2,3)4;1-3-2;2*1-2/h5-16H,17H2,1-4H3;3H2,1-2H3;2*1-2H3. The van der Waals surface area contributed by atoms with E-state index < -0.39 is 0 Å². The molecular weight excluding hydrogens is 396 g/mol. The Kier molecular flexibility index (Phi) is 11.9. The molecule has 178 valence electrons. The molecule has 0 aliphatic heterocycles. The Morgan fingerprint density at radius 3 is 1.73 bits per heavy atom. The molecule has 0 heteroatoms. The van der Waals surface area contributed by atoms with Crippen LogP contribution in [0.3, 0.4) is 0 Å². The fraction of sp³-hybridized carbons (Fsp3) is 0.394. The molecule has 0 unspecified atom stereocenters. The van der Waals surface area contributed by atoms with Crippen LogP contribution < -0.4 is 0 Å². The molecule has 4 aromatic carbocycles. The number of benzene rings is 4. The van der Waals surface area contributed by atoms with Crippen molar-refractivity contribution in [2.75, 3.05) is 0 Å². The lowest BCUT2D eigenvalue weighted by Crippen LogP contribution is -2.10. The van der Waals surface area contributed by atoms with E-state index in [-0.39, 0.29) is 5.41 Å². The Balaban J connectivity index is 0.000000705. The van der Waals surface area contributed by atoms with Crippen molar-refractivity contribution in [2.45, 2.75) is 82.1 Å². The lowest BCUT2D eigenvalue weighted by Gasteiger charge is -2.21. The third-order valence-corrected chi connectivity index (χ3v) is 5.00. The molecule has 0 bridgehead atoms. The molecule has 0 nitrogen and oxygen atoms in total. The second-order valence-electron chi connectivity index (χ2n) is 9.37. The summed E-state index contributed by atoms with van der Waals surface area (Å²) in [5.74, 6) is 0. The van der Waals surface area contributed by atoms with Crippen LogP contribution in [0, 0.1) is 12.3 Å². The lowest BCUT2D eigenvalue weighted by molar-refractivity contribution is 0.412. The molecule has 4 rings (SSSR count). The number of hydrogen-bond donors (Lipinski definition) is 0. The zero-order chi connectivity index (χ0) is 25.0. The molecule has 0 aliphatic rings. The summed E-state index contributed by atoms with van der Waals surface area (Å²) in [5.41, 5.74) is 5.67. The molecule has 0 saturated carbocycles. The van der Waals surface area contributed by atoms with Gasteiger partial charge in [0, 0.05) is 0 Å². The van der Waals surface area contributed by atoms with Crippen molar-refractivity contribution < 1.29 is 0 Å². The molecule has 0 radical (unpaired) electrons. The van der Waals surface area contributed by atoms with Gasteiger partial charge < -0.3 is 0 Å². The molecule has 0 spiro atoms. The topological polar surface area (TPSA) is 0 Å². The van der Waals surface area contributed by atoms with Crippen molar-refractivity contribution in [1.29, 1.82) is 0 Å². The maximum Gasteiger partial charge on any atom is -0.0145 e. The van der Waals surface area contributed by atoms with Gasteiger partial charge in [-0.3, -0.25) is 0 Å². The summed E-state index contributed by atoms with van der Waals surface area (Å²) in [4.78, 5) is 0. The van der Waals surface area contributed by atoms with E-state index in [1.165, 1.54) is 50.2 Å². The maximum atomic E-state index is 2.39. The first-order chi connectivity index (χ1) is 15.8. The zero-order valence-electron chi connectivity index (χ0n) is 22.8. The fourth-order valence-electron chi connectivity index (χ4n) is 3.81. The van der Waals surface area contributed by atoms with E-state index in [0.717, 1.165) is 6.42 Å². The normalized spacial score (nSPS) is 10.4. The third-order valence-electron chi connectivity index (χ3n) is 5.00. The van der Waals surface area contributed by atoms with Crippen LogP contribution in [0.4, 0.5) is 0 Å². The van der Waals surface area contributed by atoms with Crippen LogP contribution in [-0.2, 0) is 6.42 Å². The smallest absolute Gasteiger partial charge is 0.0145 e. The quantitative estimate of drug-likeness (QED) is 0.289. The molecule has 0 saturated heterocycles. The monoisotopic (exact) mass is 442 g/mol. The highest BCUT2D eigenvalue weighted by Crippen LogP contribution is 2.34. The van der Waals surface area contributed by atoms with E-state index in [9.17, 15) is 0 Å². The Morgan fingerprint density at radius 1 is 0.606 bits per heavy atom. The van der Waals surface area contributed by atoms with Crippen LogP contribution in [-0.4, -0.2) is 0 Å². The Morgan fingerprint density at radius 2 is 1.15 bits per heavy atom. The van der Waals surface area contributed by atoms with E-state index in [0.29, 0.717) is 0 Å². The second kappa shape index (κ2) is 13.8. The fourth-order valence-corrected chi connectivity index (χ4v) is 3.81. The number of fused-ring (bicyclic) bond motifs is 2. The molecule has 0 N–H and O–H groups in total. The highest BCUT2D eigenvalue weighted by Gasteiger charge is 2.16. The summed E-state index contributed by atoms with van der Waals surface area (Å²) in [5, 5.41) is 5.26. The van der Waals surface area contributed by atoms with Crippen molar-refractivity contribution >= 4 is 21.5 Å². The van der Waals surface area contributed by atoms with Gasteiger partial charge in [0.1, 0.15) is 0 Å². The first-order valence-corrected chi connectivity index (χ1v) is 12.8. The average Bonchev–Trinajstić information content (AvgIpc) is 2.80. The van der Waals surface area contributed by atoms with Crippen molar-refractivity contribution in [3.05, 3.63) is 83.9 Å². The van der Waals surface area contributed by atoms with E-state index in [1.54, 1.807) is 0 Å².